The zero-order valence-electron chi connectivity index (χ0n) is 14.5. The van der Waals surface area contributed by atoms with Crippen LogP contribution in [0, 0.1) is 0 Å². The van der Waals surface area contributed by atoms with E-state index in [-0.39, 0.29) is 11.6 Å². The first-order valence-electron chi connectivity index (χ1n) is 8.17. The highest BCUT2D eigenvalue weighted by Gasteiger charge is 2.14. The Balaban J connectivity index is 1.39. The number of rotatable bonds is 7. The molecule has 7 nitrogen and oxygen atoms in total. The van der Waals surface area contributed by atoms with Gasteiger partial charge in [0.25, 0.3) is 5.22 Å². The van der Waals surface area contributed by atoms with Gasteiger partial charge in [0.05, 0.1) is 16.3 Å². The lowest BCUT2D eigenvalue weighted by atomic mass is 10.2. The summed E-state index contributed by atoms with van der Waals surface area (Å²) in [5, 5.41) is 16.7. The Kier molecular flexibility index (Phi) is 5.72. The molecule has 0 aliphatic carbocycles. The largest absolute Gasteiger partial charge is 0.435 e. The summed E-state index contributed by atoms with van der Waals surface area (Å²) in [5.74, 6) is 1.31. The van der Waals surface area contributed by atoms with Gasteiger partial charge < -0.3 is 13.6 Å². The second kappa shape index (κ2) is 8.58. The van der Waals surface area contributed by atoms with Crippen molar-refractivity contribution in [3.8, 4) is 28.7 Å². The van der Waals surface area contributed by atoms with E-state index in [4.69, 9.17) is 20.4 Å². The van der Waals surface area contributed by atoms with Crippen LogP contribution in [-0.4, -0.2) is 27.0 Å². The number of benzene rings is 2. The molecule has 11 heteroatoms. The molecule has 0 N–H and O–H groups in total. The molecule has 0 saturated carbocycles. The van der Waals surface area contributed by atoms with Crippen molar-refractivity contribution in [1.82, 2.24) is 20.4 Å². The van der Waals surface area contributed by atoms with E-state index < -0.39 is 6.61 Å². The average molecular weight is 437 g/mol. The van der Waals surface area contributed by atoms with Crippen LogP contribution in [0.4, 0.5) is 8.78 Å². The van der Waals surface area contributed by atoms with Crippen LogP contribution in [0.3, 0.4) is 0 Å². The molecule has 0 saturated heterocycles. The molecule has 0 atom stereocenters. The van der Waals surface area contributed by atoms with Gasteiger partial charge in [0.1, 0.15) is 5.75 Å². The molecule has 0 spiro atoms. The van der Waals surface area contributed by atoms with Crippen molar-refractivity contribution in [3.05, 3.63) is 59.4 Å². The van der Waals surface area contributed by atoms with Gasteiger partial charge in [-0.15, -0.1) is 20.4 Å². The Labute approximate surface area is 172 Å². The molecule has 2 aromatic carbocycles. The summed E-state index contributed by atoms with van der Waals surface area (Å²) >= 11 is 7.35. The fourth-order valence-corrected chi connectivity index (χ4v) is 3.16. The molecule has 0 amide bonds. The van der Waals surface area contributed by atoms with Crippen LogP contribution >= 0.6 is 23.4 Å². The maximum absolute atomic E-state index is 12.2. The van der Waals surface area contributed by atoms with E-state index in [9.17, 15) is 8.78 Å². The summed E-state index contributed by atoms with van der Waals surface area (Å²) in [6.07, 6.45) is 0. The lowest BCUT2D eigenvalue weighted by molar-refractivity contribution is -0.0498. The predicted octanol–water partition coefficient (Wildman–Crippen LogP) is 5.33. The molecule has 29 heavy (non-hydrogen) atoms. The first kappa shape index (κ1) is 19.3. The van der Waals surface area contributed by atoms with E-state index in [1.54, 1.807) is 24.3 Å². The topological polar surface area (TPSA) is 87.1 Å². The van der Waals surface area contributed by atoms with Crippen molar-refractivity contribution >= 4 is 23.4 Å². The minimum atomic E-state index is -2.88. The number of halogens is 3. The van der Waals surface area contributed by atoms with Crippen LogP contribution in [0.1, 0.15) is 5.89 Å². The van der Waals surface area contributed by atoms with E-state index >= 15 is 0 Å². The van der Waals surface area contributed by atoms with Gasteiger partial charge in [-0.2, -0.15) is 8.78 Å². The van der Waals surface area contributed by atoms with E-state index in [0.29, 0.717) is 38.9 Å². The average Bonchev–Trinajstić information content (AvgIpc) is 3.36. The van der Waals surface area contributed by atoms with Crippen LogP contribution in [0.15, 0.2) is 62.6 Å². The van der Waals surface area contributed by atoms with Crippen LogP contribution in [-0.2, 0) is 5.75 Å². The second-order valence-electron chi connectivity index (χ2n) is 5.55. The van der Waals surface area contributed by atoms with Crippen LogP contribution in [0.5, 0.6) is 5.75 Å². The highest BCUT2D eigenvalue weighted by atomic mass is 35.5. The summed E-state index contributed by atoms with van der Waals surface area (Å²) < 4.78 is 39.9. The van der Waals surface area contributed by atoms with E-state index in [1.807, 2.05) is 12.1 Å². The van der Waals surface area contributed by atoms with Gasteiger partial charge in [-0.25, -0.2) is 0 Å². The van der Waals surface area contributed by atoms with Gasteiger partial charge in [0, 0.05) is 5.56 Å². The summed E-state index contributed by atoms with van der Waals surface area (Å²) in [6, 6.07) is 13.1. The van der Waals surface area contributed by atoms with Gasteiger partial charge in [-0.3, -0.25) is 0 Å². The van der Waals surface area contributed by atoms with Crippen molar-refractivity contribution in [3.63, 3.8) is 0 Å². The summed E-state index contributed by atoms with van der Waals surface area (Å²) in [7, 11) is 0. The Morgan fingerprint density at radius 2 is 1.69 bits per heavy atom. The molecule has 2 heterocycles. The van der Waals surface area contributed by atoms with E-state index in [1.165, 1.54) is 23.9 Å². The van der Waals surface area contributed by atoms with Gasteiger partial charge in [0.15, 0.2) is 0 Å². The maximum Gasteiger partial charge on any atom is 0.387 e. The third-order valence-corrected chi connectivity index (χ3v) is 4.76. The predicted molar refractivity (Wildman–Crippen MR) is 101 cm³/mol. The normalized spacial score (nSPS) is 11.2. The SMILES string of the molecule is FC(F)Oc1ccc(-c2nnc(SCc3nnc(-c4ccccc4Cl)o3)o2)cc1. The van der Waals surface area contributed by atoms with Crippen LogP contribution in [0.25, 0.3) is 22.9 Å². The molecule has 0 radical (unpaired) electrons. The van der Waals surface area contributed by atoms with Crippen LogP contribution < -0.4 is 4.74 Å². The smallest absolute Gasteiger partial charge is 0.387 e. The van der Waals surface area contributed by atoms with E-state index in [2.05, 4.69) is 25.1 Å². The number of aromatic nitrogens is 4. The van der Waals surface area contributed by atoms with Gasteiger partial charge in [-0.05, 0) is 36.4 Å². The van der Waals surface area contributed by atoms with Crippen LogP contribution in [0.2, 0.25) is 5.02 Å². The summed E-state index contributed by atoms with van der Waals surface area (Å²) in [4.78, 5) is 0. The monoisotopic (exact) mass is 436 g/mol. The number of hydrogen-bond acceptors (Lipinski definition) is 8. The van der Waals surface area contributed by atoms with Gasteiger partial charge >= 0.3 is 6.61 Å². The standard InChI is InChI=1S/C18H11ClF2N4O3S/c19-13-4-2-1-3-12(13)16-24-22-14(27-16)9-29-18-25-23-15(28-18)10-5-7-11(8-6-10)26-17(20)21/h1-8,17H,9H2. The first-order valence-corrected chi connectivity index (χ1v) is 9.53. The van der Waals surface area contributed by atoms with Crippen molar-refractivity contribution in [2.75, 3.05) is 0 Å². The zero-order chi connectivity index (χ0) is 20.2. The van der Waals surface area contributed by atoms with E-state index in [0.717, 1.165) is 0 Å². The molecule has 4 rings (SSSR count). The minimum absolute atomic E-state index is 0.0450. The Morgan fingerprint density at radius 3 is 2.45 bits per heavy atom. The number of hydrogen-bond donors (Lipinski definition) is 0. The lowest BCUT2D eigenvalue weighted by Crippen LogP contribution is -2.01. The molecule has 2 aromatic heterocycles. The fraction of sp³-hybridized carbons (Fsp3) is 0.111. The molecule has 0 aliphatic heterocycles. The maximum atomic E-state index is 12.2. The Bertz CT molecular complexity index is 1100. The zero-order valence-corrected chi connectivity index (χ0v) is 16.0. The third-order valence-electron chi connectivity index (χ3n) is 3.62. The molecule has 148 valence electrons. The lowest BCUT2D eigenvalue weighted by Gasteiger charge is -2.03. The van der Waals surface area contributed by atoms with Crippen molar-refractivity contribution in [2.24, 2.45) is 0 Å². The quantitative estimate of drug-likeness (QED) is 0.359. The molecular weight excluding hydrogens is 426 g/mol. The number of nitrogens with zero attached hydrogens (tertiary/aromatic N) is 4. The first-order chi connectivity index (χ1) is 14.1. The second-order valence-corrected chi connectivity index (χ2v) is 6.88. The molecule has 0 bridgehead atoms. The summed E-state index contributed by atoms with van der Waals surface area (Å²) in [6.45, 7) is -2.88. The highest BCUT2D eigenvalue weighted by Crippen LogP contribution is 2.29. The van der Waals surface area contributed by atoms with Crippen molar-refractivity contribution < 1.29 is 22.4 Å². The van der Waals surface area contributed by atoms with Crippen molar-refractivity contribution in [1.29, 1.82) is 0 Å². The number of ether oxygens (including phenoxy) is 1. The third kappa shape index (κ3) is 4.72. The number of thioether (sulfide) groups is 1. The minimum Gasteiger partial charge on any atom is -0.435 e. The van der Waals surface area contributed by atoms with Gasteiger partial charge in [-0.1, -0.05) is 35.5 Å². The Hall–Kier alpha value is -2.98. The van der Waals surface area contributed by atoms with Crippen molar-refractivity contribution in [2.45, 2.75) is 17.6 Å². The molecule has 0 fully saturated rings. The fourth-order valence-electron chi connectivity index (χ4n) is 2.34. The molecule has 0 aliphatic rings. The molecular formula is C18H11ClF2N4O3S. The van der Waals surface area contributed by atoms with Gasteiger partial charge in [0.2, 0.25) is 17.7 Å². The summed E-state index contributed by atoms with van der Waals surface area (Å²) in [5.41, 5.74) is 1.22. The molecule has 0 unspecified atom stereocenters. The Morgan fingerprint density at radius 1 is 0.931 bits per heavy atom. The molecule has 4 aromatic rings. The highest BCUT2D eigenvalue weighted by molar-refractivity contribution is 7.98. The number of alkyl halides is 2.